The topological polar surface area (TPSA) is 83.6 Å². The molecule has 0 fully saturated rings. The lowest BCUT2D eigenvalue weighted by atomic mass is 10.3. The molecule has 0 bridgehead atoms. The van der Waals surface area contributed by atoms with Crippen molar-refractivity contribution < 1.29 is 4.79 Å². The number of amides is 1. The summed E-state index contributed by atoms with van der Waals surface area (Å²) in [6.45, 7) is 0. The van der Waals surface area contributed by atoms with Crippen molar-refractivity contribution in [2.45, 2.75) is 0 Å². The number of fused-ring (bicyclic) bond motifs is 1. The fraction of sp³-hybridized carbons (Fsp3) is 0. The molecule has 0 saturated heterocycles. The van der Waals surface area contributed by atoms with Crippen LogP contribution in [0, 0.1) is 0 Å². The first kappa shape index (κ1) is 9.91. The second kappa shape index (κ2) is 3.95. The fourth-order valence-electron chi connectivity index (χ4n) is 1.45. The number of carbonyl (C=O) groups excluding carboxylic acids is 1. The van der Waals surface area contributed by atoms with E-state index in [0.717, 1.165) is 5.39 Å². The van der Waals surface area contributed by atoms with Gasteiger partial charge in [-0.1, -0.05) is 0 Å². The van der Waals surface area contributed by atoms with Crippen molar-refractivity contribution in [2.24, 2.45) is 0 Å². The number of hydrogen-bond acceptors (Lipinski definition) is 5. The van der Waals surface area contributed by atoms with Gasteiger partial charge in [0, 0.05) is 11.6 Å². The number of nitrogens with zero attached hydrogens (tertiary/aromatic N) is 3. The Kier molecular flexibility index (Phi) is 2.30. The van der Waals surface area contributed by atoms with Gasteiger partial charge < -0.3 is 5.32 Å². The van der Waals surface area contributed by atoms with E-state index >= 15 is 0 Å². The minimum absolute atomic E-state index is 0.263. The number of hydrogen-bond donors (Lipinski definition) is 2. The van der Waals surface area contributed by atoms with E-state index in [9.17, 15) is 4.79 Å². The molecule has 17 heavy (non-hydrogen) atoms. The average Bonchev–Trinajstić information content (AvgIpc) is 2.98. The maximum absolute atomic E-state index is 11.8. The van der Waals surface area contributed by atoms with Crippen molar-refractivity contribution in [3.63, 3.8) is 0 Å². The van der Waals surface area contributed by atoms with Crippen LogP contribution in [0.5, 0.6) is 0 Å². The molecule has 7 heteroatoms. The van der Waals surface area contributed by atoms with Crippen molar-refractivity contribution in [1.82, 2.24) is 20.2 Å². The van der Waals surface area contributed by atoms with Crippen molar-refractivity contribution in [2.75, 3.05) is 5.32 Å². The third-order valence-corrected chi connectivity index (χ3v) is 2.82. The number of H-pyrrole nitrogens is 1. The first-order chi connectivity index (χ1) is 8.34. The highest BCUT2D eigenvalue weighted by molar-refractivity contribution is 7.07. The van der Waals surface area contributed by atoms with Gasteiger partial charge in [0.05, 0.1) is 10.9 Å². The molecule has 0 atom stereocenters. The van der Waals surface area contributed by atoms with Crippen molar-refractivity contribution in [1.29, 1.82) is 0 Å². The van der Waals surface area contributed by atoms with Gasteiger partial charge in [0.15, 0.2) is 5.65 Å². The number of aromatic nitrogens is 4. The molecule has 84 valence electrons. The molecule has 0 aromatic carbocycles. The van der Waals surface area contributed by atoms with Crippen LogP contribution in [0.15, 0.2) is 29.2 Å². The van der Waals surface area contributed by atoms with E-state index in [1.54, 1.807) is 23.2 Å². The molecule has 0 aliphatic heterocycles. The van der Waals surface area contributed by atoms with Gasteiger partial charge in [-0.2, -0.15) is 5.10 Å². The van der Waals surface area contributed by atoms with Crippen LogP contribution in [0.4, 0.5) is 5.82 Å². The Morgan fingerprint density at radius 1 is 1.41 bits per heavy atom. The zero-order chi connectivity index (χ0) is 11.7. The number of carbonyl (C=O) groups is 1. The summed E-state index contributed by atoms with van der Waals surface area (Å²) in [5.41, 5.74) is 2.57. The smallest absolute Gasteiger partial charge is 0.276 e. The summed E-state index contributed by atoms with van der Waals surface area (Å²) in [6.07, 6.45) is 1.65. The van der Waals surface area contributed by atoms with Crippen molar-refractivity contribution >= 4 is 34.1 Å². The molecule has 0 unspecified atom stereocenters. The Labute approximate surface area is 99.7 Å². The van der Waals surface area contributed by atoms with Gasteiger partial charge in [0.25, 0.3) is 5.91 Å². The summed E-state index contributed by atoms with van der Waals surface area (Å²) in [5.74, 6) is 0.270. The molecule has 6 nitrogen and oxygen atoms in total. The largest absolute Gasteiger partial charge is 0.305 e. The lowest BCUT2D eigenvalue weighted by molar-refractivity contribution is 0.102. The van der Waals surface area contributed by atoms with Crippen LogP contribution in [0.3, 0.4) is 0 Å². The third kappa shape index (κ3) is 1.76. The molecule has 0 aliphatic rings. The molecule has 0 radical (unpaired) electrons. The standard InChI is InChI=1S/C10H7N5OS/c16-10(7-4-17-5-12-7)13-9-6-2-1-3-11-8(6)14-15-9/h1-5H,(H2,11,13,14,15,16). The summed E-state index contributed by atoms with van der Waals surface area (Å²) >= 11 is 1.37. The van der Waals surface area contributed by atoms with Crippen LogP contribution in [0.1, 0.15) is 10.5 Å². The van der Waals surface area contributed by atoms with Crippen LogP contribution >= 0.6 is 11.3 Å². The van der Waals surface area contributed by atoms with Gasteiger partial charge >= 0.3 is 0 Å². The number of anilines is 1. The first-order valence-corrected chi connectivity index (χ1v) is 5.77. The summed E-state index contributed by atoms with van der Waals surface area (Å²) in [7, 11) is 0. The minimum atomic E-state index is -0.263. The van der Waals surface area contributed by atoms with E-state index in [2.05, 4.69) is 25.5 Å². The normalized spacial score (nSPS) is 10.6. The van der Waals surface area contributed by atoms with E-state index in [0.29, 0.717) is 17.2 Å². The summed E-state index contributed by atoms with van der Waals surface area (Å²) < 4.78 is 0. The van der Waals surface area contributed by atoms with Crippen LogP contribution in [0.2, 0.25) is 0 Å². The minimum Gasteiger partial charge on any atom is -0.305 e. The molecular formula is C10H7N5OS. The predicted octanol–water partition coefficient (Wildman–Crippen LogP) is 1.67. The number of thiazole rings is 1. The van der Waals surface area contributed by atoms with Gasteiger partial charge in [0.2, 0.25) is 0 Å². The number of pyridine rings is 1. The highest BCUT2D eigenvalue weighted by Crippen LogP contribution is 2.18. The third-order valence-electron chi connectivity index (χ3n) is 2.23. The molecule has 2 N–H and O–H groups in total. The summed E-state index contributed by atoms with van der Waals surface area (Å²) in [5, 5.41) is 11.9. The number of aromatic amines is 1. The van der Waals surface area contributed by atoms with E-state index < -0.39 is 0 Å². The molecule has 3 aromatic rings. The SMILES string of the molecule is O=C(Nc1[nH]nc2ncccc12)c1cscn1. The summed E-state index contributed by atoms with van der Waals surface area (Å²) in [6, 6.07) is 3.62. The number of rotatable bonds is 2. The van der Waals surface area contributed by atoms with Crippen LogP contribution in [-0.2, 0) is 0 Å². The second-order valence-electron chi connectivity index (χ2n) is 3.30. The van der Waals surface area contributed by atoms with Crippen molar-refractivity contribution in [3.8, 4) is 0 Å². The van der Waals surface area contributed by atoms with E-state index in [4.69, 9.17) is 0 Å². The maximum Gasteiger partial charge on any atom is 0.276 e. The molecule has 0 spiro atoms. The monoisotopic (exact) mass is 245 g/mol. The highest BCUT2D eigenvalue weighted by Gasteiger charge is 2.11. The molecule has 3 aromatic heterocycles. The van der Waals surface area contributed by atoms with Gasteiger partial charge in [-0.05, 0) is 12.1 Å². The van der Waals surface area contributed by atoms with Crippen LogP contribution in [-0.4, -0.2) is 26.1 Å². The molecule has 1 amide bonds. The zero-order valence-electron chi connectivity index (χ0n) is 8.54. The maximum atomic E-state index is 11.8. The number of nitrogens with one attached hydrogen (secondary N) is 2. The Bertz CT molecular complexity index is 660. The molecule has 0 saturated carbocycles. The van der Waals surface area contributed by atoms with E-state index in [-0.39, 0.29) is 5.91 Å². The second-order valence-corrected chi connectivity index (χ2v) is 4.02. The fourth-order valence-corrected chi connectivity index (χ4v) is 1.98. The lowest BCUT2D eigenvalue weighted by Crippen LogP contribution is -2.12. The average molecular weight is 245 g/mol. The van der Waals surface area contributed by atoms with Crippen LogP contribution in [0.25, 0.3) is 11.0 Å². The first-order valence-electron chi connectivity index (χ1n) is 4.83. The van der Waals surface area contributed by atoms with E-state index in [1.165, 1.54) is 11.3 Å². The van der Waals surface area contributed by atoms with Crippen LogP contribution < -0.4 is 5.32 Å². The van der Waals surface area contributed by atoms with Gasteiger partial charge in [-0.3, -0.25) is 9.89 Å². The Morgan fingerprint density at radius 3 is 3.18 bits per heavy atom. The molecule has 0 aliphatic carbocycles. The molecule has 3 rings (SSSR count). The van der Waals surface area contributed by atoms with Gasteiger partial charge in [0.1, 0.15) is 11.5 Å². The highest BCUT2D eigenvalue weighted by atomic mass is 32.1. The lowest BCUT2D eigenvalue weighted by Gasteiger charge is -1.99. The van der Waals surface area contributed by atoms with Gasteiger partial charge in [-0.15, -0.1) is 11.3 Å². The Morgan fingerprint density at radius 2 is 2.35 bits per heavy atom. The van der Waals surface area contributed by atoms with E-state index in [1.807, 2.05) is 6.07 Å². The molecule has 3 heterocycles. The van der Waals surface area contributed by atoms with Crippen molar-refractivity contribution in [3.05, 3.63) is 34.9 Å². The predicted molar refractivity (Wildman–Crippen MR) is 64.0 cm³/mol. The Hall–Kier alpha value is -2.28. The zero-order valence-corrected chi connectivity index (χ0v) is 9.36. The molecular weight excluding hydrogens is 238 g/mol. The Balaban J connectivity index is 1.93. The van der Waals surface area contributed by atoms with Gasteiger partial charge in [-0.25, -0.2) is 9.97 Å². The summed E-state index contributed by atoms with van der Waals surface area (Å²) in [4.78, 5) is 19.8. The quantitative estimate of drug-likeness (QED) is 0.719.